The molecule has 1 aromatic heterocycles. The Labute approximate surface area is 149 Å². The van der Waals surface area contributed by atoms with Crippen molar-refractivity contribution in [1.82, 2.24) is 19.8 Å². The number of hydrogen-bond donors (Lipinski definition) is 1. The van der Waals surface area contributed by atoms with E-state index in [9.17, 15) is 4.79 Å². The fourth-order valence-electron chi connectivity index (χ4n) is 3.64. The summed E-state index contributed by atoms with van der Waals surface area (Å²) < 4.78 is 1.98. The van der Waals surface area contributed by atoms with Crippen molar-refractivity contribution in [3.05, 3.63) is 54.1 Å². The number of nitrogens with one attached hydrogen (secondary N) is 1. The maximum absolute atomic E-state index is 13.2. The van der Waals surface area contributed by atoms with E-state index in [0.717, 1.165) is 24.2 Å². The number of hydrogen-bond acceptors (Lipinski definition) is 2. The van der Waals surface area contributed by atoms with Gasteiger partial charge in [-0.15, -0.1) is 0 Å². The van der Waals surface area contributed by atoms with Crippen LogP contribution in [-0.2, 0) is 7.05 Å². The molecule has 2 atom stereocenters. The third kappa shape index (κ3) is 3.41. The van der Waals surface area contributed by atoms with Gasteiger partial charge in [-0.2, -0.15) is 0 Å². The normalized spacial score (nSPS) is 19.3. The van der Waals surface area contributed by atoms with Crippen LogP contribution >= 0.6 is 0 Å². The lowest BCUT2D eigenvalue weighted by molar-refractivity contribution is 0.164. The molecule has 1 aromatic carbocycles. The van der Waals surface area contributed by atoms with Gasteiger partial charge in [0, 0.05) is 31.5 Å². The van der Waals surface area contributed by atoms with E-state index in [-0.39, 0.29) is 12.1 Å². The summed E-state index contributed by atoms with van der Waals surface area (Å²) >= 11 is 0. The number of nitrogens with zero attached hydrogens (tertiary/aromatic N) is 3. The Morgan fingerprint density at radius 1 is 1.24 bits per heavy atom. The number of imidazole rings is 1. The van der Waals surface area contributed by atoms with Gasteiger partial charge in [0.25, 0.3) is 0 Å². The number of amides is 2. The molecule has 0 aliphatic heterocycles. The second kappa shape index (κ2) is 6.54. The van der Waals surface area contributed by atoms with Crippen LogP contribution in [0.2, 0.25) is 0 Å². The summed E-state index contributed by atoms with van der Waals surface area (Å²) in [7, 11) is 1.97. The zero-order valence-electron chi connectivity index (χ0n) is 14.9. The molecule has 2 fully saturated rings. The third-order valence-electron chi connectivity index (χ3n) is 5.44. The maximum atomic E-state index is 13.2. The first-order chi connectivity index (χ1) is 12.1. The lowest BCUT2D eigenvalue weighted by Crippen LogP contribution is -2.48. The van der Waals surface area contributed by atoms with Crippen LogP contribution in [0.25, 0.3) is 0 Å². The Hall–Kier alpha value is -2.30. The van der Waals surface area contributed by atoms with Crippen molar-refractivity contribution in [2.45, 2.75) is 50.7 Å². The lowest BCUT2D eigenvalue weighted by Gasteiger charge is -2.31. The predicted octanol–water partition coefficient (Wildman–Crippen LogP) is 3.48. The molecule has 1 N–H and O–H groups in total. The highest BCUT2D eigenvalue weighted by Crippen LogP contribution is 2.40. The average Bonchev–Trinajstić information content (AvgIpc) is 3.52. The quantitative estimate of drug-likeness (QED) is 0.876. The standard InChI is InChI=1S/C20H26N4O/c1-14(15-8-9-15)24(17-10-11-17)20(25)22-18(16-6-4-3-5-7-16)19-21-12-13-23(19)2/h3-7,12-15,17-18H,8-11H2,1-2H3,(H,22,25). The number of carbonyl (C=O) groups is 1. The highest BCUT2D eigenvalue weighted by molar-refractivity contribution is 5.76. The molecule has 0 spiro atoms. The minimum Gasteiger partial charge on any atom is -0.336 e. The van der Waals surface area contributed by atoms with Gasteiger partial charge in [0.1, 0.15) is 11.9 Å². The topological polar surface area (TPSA) is 50.2 Å². The summed E-state index contributed by atoms with van der Waals surface area (Å²) in [6, 6.07) is 10.6. The largest absolute Gasteiger partial charge is 0.336 e. The number of aromatic nitrogens is 2. The molecule has 2 aliphatic carbocycles. The summed E-state index contributed by atoms with van der Waals surface area (Å²) in [4.78, 5) is 19.7. The zero-order chi connectivity index (χ0) is 17.4. The minimum absolute atomic E-state index is 0.0405. The SMILES string of the molecule is CC(C1CC1)N(C(=O)NC(c1ccccc1)c1nccn1C)C1CC1. The number of rotatable bonds is 6. The monoisotopic (exact) mass is 338 g/mol. The minimum atomic E-state index is -0.235. The number of urea groups is 1. The van der Waals surface area contributed by atoms with E-state index in [2.05, 4.69) is 22.1 Å². The Balaban J connectivity index is 1.59. The Kier molecular flexibility index (Phi) is 4.24. The third-order valence-corrected chi connectivity index (χ3v) is 5.44. The zero-order valence-corrected chi connectivity index (χ0v) is 14.9. The van der Waals surface area contributed by atoms with E-state index in [1.807, 2.05) is 48.1 Å². The molecule has 2 aliphatic rings. The first-order valence-corrected chi connectivity index (χ1v) is 9.26. The van der Waals surface area contributed by atoms with E-state index in [0.29, 0.717) is 18.0 Å². The average molecular weight is 338 g/mol. The fourth-order valence-corrected chi connectivity index (χ4v) is 3.64. The molecular weight excluding hydrogens is 312 g/mol. The van der Waals surface area contributed by atoms with Gasteiger partial charge in [-0.05, 0) is 44.1 Å². The molecule has 0 saturated heterocycles. The number of carbonyl (C=O) groups excluding carboxylic acids is 1. The second-order valence-corrected chi connectivity index (χ2v) is 7.41. The molecule has 4 rings (SSSR count). The second-order valence-electron chi connectivity index (χ2n) is 7.41. The van der Waals surface area contributed by atoms with Crippen LogP contribution in [0.1, 0.15) is 50.0 Å². The molecule has 25 heavy (non-hydrogen) atoms. The molecule has 5 nitrogen and oxygen atoms in total. The molecule has 2 amide bonds. The lowest BCUT2D eigenvalue weighted by atomic mass is 10.1. The Bertz CT molecular complexity index is 733. The first kappa shape index (κ1) is 16.2. The van der Waals surface area contributed by atoms with Gasteiger partial charge in [-0.3, -0.25) is 0 Å². The molecular formula is C20H26N4O. The van der Waals surface area contributed by atoms with Gasteiger partial charge < -0.3 is 14.8 Å². The van der Waals surface area contributed by atoms with Crippen molar-refractivity contribution >= 4 is 6.03 Å². The Morgan fingerprint density at radius 2 is 1.96 bits per heavy atom. The maximum Gasteiger partial charge on any atom is 0.318 e. The summed E-state index contributed by atoms with van der Waals surface area (Å²) in [5.74, 6) is 1.53. The smallest absolute Gasteiger partial charge is 0.318 e. The highest BCUT2D eigenvalue weighted by Gasteiger charge is 2.42. The molecule has 1 heterocycles. The van der Waals surface area contributed by atoms with E-state index >= 15 is 0 Å². The van der Waals surface area contributed by atoms with Crippen LogP contribution in [0.4, 0.5) is 4.79 Å². The number of benzene rings is 1. The summed E-state index contributed by atoms with van der Waals surface area (Å²) in [5, 5.41) is 3.27. The highest BCUT2D eigenvalue weighted by atomic mass is 16.2. The molecule has 0 radical (unpaired) electrons. The van der Waals surface area contributed by atoms with Gasteiger partial charge in [0.05, 0.1) is 0 Å². The van der Waals surface area contributed by atoms with E-state index in [1.165, 1.54) is 12.8 Å². The molecule has 2 saturated carbocycles. The van der Waals surface area contributed by atoms with E-state index < -0.39 is 0 Å². The van der Waals surface area contributed by atoms with Crippen molar-refractivity contribution in [3.8, 4) is 0 Å². The van der Waals surface area contributed by atoms with Gasteiger partial charge in [-0.25, -0.2) is 9.78 Å². The van der Waals surface area contributed by atoms with Crippen LogP contribution in [0, 0.1) is 5.92 Å². The van der Waals surface area contributed by atoms with Crippen molar-refractivity contribution in [1.29, 1.82) is 0 Å². The predicted molar refractivity (Wildman–Crippen MR) is 97.1 cm³/mol. The van der Waals surface area contributed by atoms with Crippen molar-refractivity contribution in [2.24, 2.45) is 13.0 Å². The fraction of sp³-hybridized carbons (Fsp3) is 0.500. The van der Waals surface area contributed by atoms with Gasteiger partial charge in [0.15, 0.2) is 0 Å². The van der Waals surface area contributed by atoms with E-state index in [4.69, 9.17) is 0 Å². The van der Waals surface area contributed by atoms with Crippen molar-refractivity contribution in [2.75, 3.05) is 0 Å². The van der Waals surface area contributed by atoms with Gasteiger partial charge in [0.2, 0.25) is 0 Å². The van der Waals surface area contributed by atoms with Crippen molar-refractivity contribution in [3.63, 3.8) is 0 Å². The molecule has 0 bridgehead atoms. The molecule has 2 unspecified atom stereocenters. The van der Waals surface area contributed by atoms with Crippen molar-refractivity contribution < 1.29 is 4.79 Å². The summed E-state index contributed by atoms with van der Waals surface area (Å²) in [6.45, 7) is 2.20. The first-order valence-electron chi connectivity index (χ1n) is 9.26. The van der Waals surface area contributed by atoms with Crippen LogP contribution in [0.15, 0.2) is 42.7 Å². The van der Waals surface area contributed by atoms with Gasteiger partial charge in [-0.1, -0.05) is 30.3 Å². The molecule has 2 aromatic rings. The van der Waals surface area contributed by atoms with Gasteiger partial charge >= 0.3 is 6.03 Å². The molecule has 5 heteroatoms. The summed E-state index contributed by atoms with van der Waals surface area (Å²) in [6.07, 6.45) is 8.45. The van der Waals surface area contributed by atoms with Crippen LogP contribution < -0.4 is 5.32 Å². The van der Waals surface area contributed by atoms with Crippen LogP contribution in [0.3, 0.4) is 0 Å². The van der Waals surface area contributed by atoms with Crippen LogP contribution in [-0.4, -0.2) is 32.6 Å². The number of aryl methyl sites for hydroxylation is 1. The Morgan fingerprint density at radius 3 is 2.52 bits per heavy atom. The molecule has 132 valence electrons. The van der Waals surface area contributed by atoms with E-state index in [1.54, 1.807) is 6.20 Å². The van der Waals surface area contributed by atoms with Crippen LogP contribution in [0.5, 0.6) is 0 Å². The summed E-state index contributed by atoms with van der Waals surface area (Å²) in [5.41, 5.74) is 1.06.